The minimum Gasteiger partial charge on any atom is -0.299 e. The van der Waals surface area contributed by atoms with Crippen molar-refractivity contribution in [3.63, 3.8) is 0 Å². The summed E-state index contributed by atoms with van der Waals surface area (Å²) >= 11 is 0. The summed E-state index contributed by atoms with van der Waals surface area (Å²) in [5.74, 6) is 2.74. The molecule has 0 aliphatic carbocycles. The van der Waals surface area contributed by atoms with Crippen molar-refractivity contribution in [1.82, 2.24) is 0 Å². The highest BCUT2D eigenvalue weighted by Crippen LogP contribution is 2.34. The van der Waals surface area contributed by atoms with Gasteiger partial charge in [0.1, 0.15) is 5.78 Å². The summed E-state index contributed by atoms with van der Waals surface area (Å²) in [5, 5.41) is 0. The van der Waals surface area contributed by atoms with Crippen LogP contribution in [0.4, 0.5) is 5.69 Å². The van der Waals surface area contributed by atoms with Gasteiger partial charge in [-0.25, -0.2) is 0 Å². The fraction of sp³-hybridized carbons (Fsp3) is 0.444. The topological polar surface area (TPSA) is 29.4 Å². The summed E-state index contributed by atoms with van der Waals surface area (Å²) in [7, 11) is 0. The normalized spacial score (nSPS) is 12.6. The Kier molecular flexibility index (Phi) is 4.89. The van der Waals surface area contributed by atoms with Crippen LogP contribution in [-0.4, -0.2) is 12.5 Å². The third-order valence-corrected chi connectivity index (χ3v) is 3.86. The lowest BCUT2D eigenvalue weighted by Gasteiger charge is -2.27. The minimum absolute atomic E-state index is 0.0375. The Balaban J connectivity index is 3.25. The molecule has 20 heavy (non-hydrogen) atoms. The molecule has 0 aliphatic heterocycles. The zero-order valence-corrected chi connectivity index (χ0v) is 13.1. The van der Waals surface area contributed by atoms with Gasteiger partial charge in [0.25, 0.3) is 0 Å². The number of nitrogens with zero attached hydrogens (tertiary/aromatic N) is 1. The van der Waals surface area contributed by atoms with Gasteiger partial charge in [0, 0.05) is 17.8 Å². The number of terminal acetylenes is 1. The molecule has 1 aromatic rings. The Morgan fingerprint density at radius 2 is 2.00 bits per heavy atom. The van der Waals surface area contributed by atoms with E-state index in [1.807, 2.05) is 40.7 Å². The highest BCUT2D eigenvalue weighted by Gasteiger charge is 2.31. The molecule has 0 radical (unpaired) electrons. The fourth-order valence-electron chi connectivity index (χ4n) is 2.43. The summed E-state index contributed by atoms with van der Waals surface area (Å²) < 4.78 is 0. The molecule has 0 spiro atoms. The third kappa shape index (κ3) is 3.17. The second kappa shape index (κ2) is 6.05. The van der Waals surface area contributed by atoms with Gasteiger partial charge in [0.15, 0.2) is 0 Å². The van der Waals surface area contributed by atoms with E-state index < -0.39 is 5.41 Å². The van der Waals surface area contributed by atoms with Crippen molar-refractivity contribution in [2.75, 3.05) is 0 Å². The first-order valence-corrected chi connectivity index (χ1v) is 6.82. The lowest BCUT2D eigenvalue weighted by atomic mass is 9.75. The SMILES string of the molecule is C#CC(C)CC(=O)C(C)(C)c1cc(N=C)c(C)cc1C. The molecular formula is C18H23NO. The number of ketones is 1. The molecule has 0 amide bonds. The number of aliphatic imine (C=N–C) groups is 1. The van der Waals surface area contributed by atoms with Crippen LogP contribution in [-0.2, 0) is 10.2 Å². The minimum atomic E-state index is -0.567. The zero-order chi connectivity index (χ0) is 15.5. The van der Waals surface area contributed by atoms with Gasteiger partial charge >= 0.3 is 0 Å². The first-order valence-electron chi connectivity index (χ1n) is 6.82. The fourth-order valence-corrected chi connectivity index (χ4v) is 2.43. The average molecular weight is 269 g/mol. The van der Waals surface area contributed by atoms with E-state index in [4.69, 9.17) is 6.42 Å². The second-order valence-corrected chi connectivity index (χ2v) is 5.93. The molecule has 0 saturated carbocycles. The van der Waals surface area contributed by atoms with Gasteiger partial charge in [-0.05, 0) is 57.2 Å². The lowest BCUT2D eigenvalue weighted by molar-refractivity contribution is -0.124. The van der Waals surface area contributed by atoms with Crippen LogP contribution >= 0.6 is 0 Å². The number of Topliss-reactive ketones (excluding diaryl/α,β-unsaturated/α-hetero) is 1. The van der Waals surface area contributed by atoms with Crippen molar-refractivity contribution < 1.29 is 4.79 Å². The van der Waals surface area contributed by atoms with Crippen LogP contribution in [0, 0.1) is 32.1 Å². The molecule has 1 aromatic carbocycles. The van der Waals surface area contributed by atoms with Crippen molar-refractivity contribution in [2.24, 2.45) is 10.9 Å². The maximum atomic E-state index is 12.5. The van der Waals surface area contributed by atoms with E-state index in [1.165, 1.54) is 0 Å². The van der Waals surface area contributed by atoms with Crippen molar-refractivity contribution >= 4 is 18.2 Å². The molecule has 0 N–H and O–H groups in total. The average Bonchev–Trinajstić information content (AvgIpc) is 2.38. The van der Waals surface area contributed by atoms with Crippen molar-refractivity contribution in [3.8, 4) is 12.3 Å². The molecule has 1 rings (SSSR count). The molecule has 0 saturated heterocycles. The number of hydrogen-bond acceptors (Lipinski definition) is 2. The Morgan fingerprint density at radius 3 is 2.50 bits per heavy atom. The maximum Gasteiger partial charge on any atom is 0.144 e. The molecule has 2 heteroatoms. The second-order valence-electron chi connectivity index (χ2n) is 5.93. The van der Waals surface area contributed by atoms with Gasteiger partial charge in [0.2, 0.25) is 0 Å². The first kappa shape index (κ1) is 16.2. The van der Waals surface area contributed by atoms with Crippen LogP contribution in [0.3, 0.4) is 0 Å². The Bertz CT molecular complexity index is 576. The molecule has 0 aromatic heterocycles. The molecule has 1 atom stereocenters. The van der Waals surface area contributed by atoms with Crippen LogP contribution in [0.2, 0.25) is 0 Å². The van der Waals surface area contributed by atoms with Crippen LogP contribution < -0.4 is 0 Å². The molecule has 106 valence electrons. The predicted molar refractivity (Wildman–Crippen MR) is 85.8 cm³/mol. The zero-order valence-electron chi connectivity index (χ0n) is 13.1. The van der Waals surface area contributed by atoms with Gasteiger partial charge in [-0.3, -0.25) is 9.79 Å². The number of benzene rings is 1. The van der Waals surface area contributed by atoms with Gasteiger partial charge in [-0.1, -0.05) is 13.0 Å². The molecule has 0 heterocycles. The highest BCUT2D eigenvalue weighted by atomic mass is 16.1. The van der Waals surface area contributed by atoms with Gasteiger partial charge in [-0.2, -0.15) is 0 Å². The first-order chi connectivity index (χ1) is 9.23. The number of carbonyl (C=O) groups excluding carboxylic acids is 1. The quantitative estimate of drug-likeness (QED) is 0.583. The Hall–Kier alpha value is -1.88. The monoisotopic (exact) mass is 269 g/mol. The van der Waals surface area contributed by atoms with Gasteiger partial charge in [0.05, 0.1) is 5.69 Å². The number of hydrogen-bond donors (Lipinski definition) is 0. The predicted octanol–water partition coefficient (Wildman–Crippen LogP) is 4.14. The standard InChI is InChI=1S/C18H23NO/c1-8-12(2)9-17(20)18(5,6)15-11-16(19-7)14(4)10-13(15)3/h1,10-12H,7,9H2,2-6H3. The summed E-state index contributed by atoms with van der Waals surface area (Å²) in [5.41, 5.74) is 3.43. The van der Waals surface area contributed by atoms with E-state index in [9.17, 15) is 4.79 Å². The van der Waals surface area contributed by atoms with Crippen LogP contribution in [0.25, 0.3) is 0 Å². The van der Waals surface area contributed by atoms with E-state index in [2.05, 4.69) is 23.7 Å². The summed E-state index contributed by atoms with van der Waals surface area (Å²) in [6.07, 6.45) is 5.77. The molecule has 1 unspecified atom stereocenters. The third-order valence-electron chi connectivity index (χ3n) is 3.86. The van der Waals surface area contributed by atoms with Crippen LogP contribution in [0.1, 0.15) is 43.9 Å². The summed E-state index contributed by atoms with van der Waals surface area (Å²) in [6.45, 7) is 13.4. The van der Waals surface area contributed by atoms with E-state index in [-0.39, 0.29) is 11.7 Å². The van der Waals surface area contributed by atoms with Crippen LogP contribution in [0.15, 0.2) is 17.1 Å². The molecule has 0 fully saturated rings. The molecule has 2 nitrogen and oxygen atoms in total. The summed E-state index contributed by atoms with van der Waals surface area (Å²) in [4.78, 5) is 16.6. The largest absolute Gasteiger partial charge is 0.299 e. The highest BCUT2D eigenvalue weighted by molar-refractivity contribution is 5.90. The number of rotatable bonds is 5. The molecule has 0 bridgehead atoms. The Labute approximate surface area is 122 Å². The lowest BCUT2D eigenvalue weighted by Crippen LogP contribution is -2.31. The Morgan fingerprint density at radius 1 is 1.40 bits per heavy atom. The van der Waals surface area contributed by atoms with Crippen molar-refractivity contribution in [1.29, 1.82) is 0 Å². The maximum absolute atomic E-state index is 12.5. The van der Waals surface area contributed by atoms with Gasteiger partial charge in [-0.15, -0.1) is 12.3 Å². The molecule has 0 aliphatic rings. The summed E-state index contributed by atoms with van der Waals surface area (Å²) in [6, 6.07) is 4.02. The number of aryl methyl sites for hydroxylation is 2. The van der Waals surface area contributed by atoms with E-state index >= 15 is 0 Å². The van der Waals surface area contributed by atoms with Crippen LogP contribution in [0.5, 0.6) is 0 Å². The van der Waals surface area contributed by atoms with E-state index in [0.29, 0.717) is 6.42 Å². The van der Waals surface area contributed by atoms with E-state index in [1.54, 1.807) is 0 Å². The molecular weight excluding hydrogens is 246 g/mol. The smallest absolute Gasteiger partial charge is 0.144 e. The van der Waals surface area contributed by atoms with Crippen molar-refractivity contribution in [3.05, 3.63) is 28.8 Å². The van der Waals surface area contributed by atoms with Gasteiger partial charge < -0.3 is 0 Å². The number of carbonyl (C=O) groups is 1. The van der Waals surface area contributed by atoms with E-state index in [0.717, 1.165) is 22.4 Å². The van der Waals surface area contributed by atoms with Crippen molar-refractivity contribution in [2.45, 2.75) is 46.5 Å².